The predicted molar refractivity (Wildman–Crippen MR) is 121 cm³/mol. The van der Waals surface area contributed by atoms with Gasteiger partial charge in [-0.3, -0.25) is 4.79 Å². The fourth-order valence-electron chi connectivity index (χ4n) is 4.33. The van der Waals surface area contributed by atoms with Gasteiger partial charge >= 0.3 is 0 Å². The summed E-state index contributed by atoms with van der Waals surface area (Å²) in [5.41, 5.74) is 3.31. The number of hydrogen-bond donors (Lipinski definition) is 0. The summed E-state index contributed by atoms with van der Waals surface area (Å²) in [6.07, 6.45) is 1.06. The minimum Gasteiger partial charge on any atom is -0.454 e. The molecule has 0 unspecified atom stereocenters. The van der Waals surface area contributed by atoms with Gasteiger partial charge in [0.05, 0.1) is 17.3 Å². The van der Waals surface area contributed by atoms with Crippen LogP contribution in [0.1, 0.15) is 34.1 Å². The van der Waals surface area contributed by atoms with Crippen molar-refractivity contribution in [1.29, 1.82) is 0 Å². The number of ketones is 1. The van der Waals surface area contributed by atoms with Crippen LogP contribution in [0.3, 0.4) is 0 Å². The van der Waals surface area contributed by atoms with Crippen LogP contribution in [-0.4, -0.2) is 53.0 Å². The number of fused-ring (bicyclic) bond motifs is 1. The number of thioether (sulfide) groups is 1. The number of Topliss-reactive ketones (excluding diaryl/α,β-unsaturated/α-hetero) is 1. The second-order valence-corrected chi connectivity index (χ2v) is 11.5. The van der Waals surface area contributed by atoms with Crippen molar-refractivity contribution in [1.82, 2.24) is 14.8 Å². The molecule has 0 amide bonds. The SMILES string of the molecule is Cc1cc(C(=O)CSc2nnc(C[C@H]3CCS(=O)(=O)C3)o2)c(C)n1-c1ccc2c(c1)OCO2. The van der Waals surface area contributed by atoms with Crippen LogP contribution in [0.5, 0.6) is 11.5 Å². The second-order valence-electron chi connectivity index (χ2n) is 8.30. The van der Waals surface area contributed by atoms with Crippen LogP contribution < -0.4 is 9.47 Å². The Hall–Kier alpha value is -2.79. The molecule has 3 aromatic rings. The monoisotopic (exact) mass is 489 g/mol. The zero-order chi connectivity index (χ0) is 23.2. The van der Waals surface area contributed by atoms with Crippen molar-refractivity contribution in [3.63, 3.8) is 0 Å². The molecule has 1 aromatic carbocycles. The third-order valence-corrected chi connectivity index (χ3v) is 8.57. The van der Waals surface area contributed by atoms with Crippen LogP contribution in [0.25, 0.3) is 5.69 Å². The number of carbonyl (C=O) groups excluding carboxylic acids is 1. The molecular weight excluding hydrogens is 466 g/mol. The van der Waals surface area contributed by atoms with Crippen LogP contribution in [0.15, 0.2) is 33.9 Å². The normalized spacial score (nSPS) is 18.7. The van der Waals surface area contributed by atoms with Crippen LogP contribution >= 0.6 is 11.8 Å². The second kappa shape index (κ2) is 8.53. The number of ether oxygens (including phenoxy) is 2. The zero-order valence-electron chi connectivity index (χ0n) is 18.2. The number of sulfone groups is 1. The number of aromatic nitrogens is 3. The Morgan fingerprint density at radius 3 is 2.79 bits per heavy atom. The smallest absolute Gasteiger partial charge is 0.277 e. The third-order valence-electron chi connectivity index (χ3n) is 5.91. The predicted octanol–water partition coefficient (Wildman–Crippen LogP) is 3.16. The van der Waals surface area contributed by atoms with Crippen LogP contribution in [0.4, 0.5) is 0 Å². The maximum Gasteiger partial charge on any atom is 0.277 e. The third kappa shape index (κ3) is 4.51. The zero-order valence-corrected chi connectivity index (χ0v) is 19.9. The Morgan fingerprint density at radius 2 is 2.00 bits per heavy atom. The van der Waals surface area contributed by atoms with E-state index in [1.54, 1.807) is 0 Å². The first-order valence-corrected chi connectivity index (χ1v) is 13.4. The summed E-state index contributed by atoms with van der Waals surface area (Å²) in [5.74, 6) is 2.31. The molecule has 0 aliphatic carbocycles. The Bertz CT molecular complexity index is 1330. The largest absolute Gasteiger partial charge is 0.454 e. The summed E-state index contributed by atoms with van der Waals surface area (Å²) in [7, 11) is -2.94. The van der Waals surface area contributed by atoms with Crippen molar-refractivity contribution in [2.45, 2.75) is 31.9 Å². The van der Waals surface area contributed by atoms with E-state index in [1.807, 2.05) is 42.7 Å². The van der Waals surface area contributed by atoms with Crippen molar-refractivity contribution in [2.75, 3.05) is 24.1 Å². The number of hydrogen-bond acceptors (Lipinski definition) is 9. The van der Waals surface area contributed by atoms with Gasteiger partial charge in [0.25, 0.3) is 5.22 Å². The summed E-state index contributed by atoms with van der Waals surface area (Å²) in [4.78, 5) is 12.9. The highest BCUT2D eigenvalue weighted by Gasteiger charge is 2.29. The fraction of sp³-hybridized carbons (Fsp3) is 0.409. The minimum absolute atomic E-state index is 0.0106. The van der Waals surface area contributed by atoms with Gasteiger partial charge in [-0.2, -0.15) is 0 Å². The van der Waals surface area contributed by atoms with Gasteiger partial charge in [-0.1, -0.05) is 11.8 Å². The molecule has 11 heteroatoms. The molecule has 1 fully saturated rings. The highest BCUT2D eigenvalue weighted by atomic mass is 32.2. The van der Waals surface area contributed by atoms with Crippen LogP contribution in [0.2, 0.25) is 0 Å². The highest BCUT2D eigenvalue weighted by Crippen LogP contribution is 2.35. The molecule has 0 radical (unpaired) electrons. The highest BCUT2D eigenvalue weighted by molar-refractivity contribution is 7.99. The first-order chi connectivity index (χ1) is 15.8. The average molecular weight is 490 g/mol. The first kappa shape index (κ1) is 22.0. The van der Waals surface area contributed by atoms with Gasteiger partial charge in [0.15, 0.2) is 27.1 Å². The maximum atomic E-state index is 12.9. The van der Waals surface area contributed by atoms with E-state index in [4.69, 9.17) is 13.9 Å². The molecule has 2 aliphatic rings. The lowest BCUT2D eigenvalue weighted by molar-refractivity contribution is 0.102. The molecule has 0 spiro atoms. The quantitative estimate of drug-likeness (QED) is 0.365. The van der Waals surface area contributed by atoms with Crippen molar-refractivity contribution in [2.24, 2.45) is 5.92 Å². The van der Waals surface area contributed by atoms with E-state index in [0.29, 0.717) is 41.0 Å². The van der Waals surface area contributed by atoms with E-state index in [0.717, 1.165) is 17.1 Å². The number of carbonyl (C=O) groups is 1. The van der Waals surface area contributed by atoms with E-state index in [1.165, 1.54) is 11.8 Å². The van der Waals surface area contributed by atoms with Crippen LogP contribution in [0, 0.1) is 19.8 Å². The van der Waals surface area contributed by atoms with Gasteiger partial charge in [0.1, 0.15) is 0 Å². The van der Waals surface area contributed by atoms with Gasteiger partial charge in [-0.05, 0) is 44.4 Å². The number of rotatable bonds is 7. The topological polar surface area (TPSA) is 114 Å². The standard InChI is InChI=1S/C22H23N3O6S2/c1-13-7-17(14(2)25(13)16-3-4-19-20(9-16)30-12-29-19)18(26)10-32-22-24-23-21(31-22)8-15-5-6-33(27,28)11-15/h3-4,7,9,15H,5-6,8,10-12H2,1-2H3/t15-/m1/s1. The molecule has 2 aromatic heterocycles. The lowest BCUT2D eigenvalue weighted by Gasteiger charge is -2.10. The molecule has 33 heavy (non-hydrogen) atoms. The average Bonchev–Trinajstić information content (AvgIpc) is 3.54. The Balaban J connectivity index is 1.25. The van der Waals surface area contributed by atoms with E-state index in [2.05, 4.69) is 10.2 Å². The minimum atomic E-state index is -2.94. The molecule has 4 heterocycles. The number of benzene rings is 1. The maximum absolute atomic E-state index is 12.9. The lowest BCUT2D eigenvalue weighted by atomic mass is 10.1. The van der Waals surface area contributed by atoms with Crippen molar-refractivity contribution in [3.8, 4) is 17.2 Å². The van der Waals surface area contributed by atoms with E-state index in [-0.39, 0.29) is 35.8 Å². The molecule has 174 valence electrons. The van der Waals surface area contributed by atoms with Crippen molar-refractivity contribution >= 4 is 27.4 Å². The summed E-state index contributed by atoms with van der Waals surface area (Å²) < 4.78 is 41.7. The van der Waals surface area contributed by atoms with Crippen molar-refractivity contribution < 1.29 is 27.1 Å². The molecule has 0 N–H and O–H groups in total. The summed E-state index contributed by atoms with van der Waals surface area (Å²) in [6.45, 7) is 4.07. The van der Waals surface area contributed by atoms with Gasteiger partial charge in [-0.15, -0.1) is 10.2 Å². The molecule has 0 bridgehead atoms. The first-order valence-electron chi connectivity index (χ1n) is 10.6. The van der Waals surface area contributed by atoms with Crippen LogP contribution in [-0.2, 0) is 16.3 Å². The molecule has 1 saturated heterocycles. The molecule has 5 rings (SSSR count). The fourth-order valence-corrected chi connectivity index (χ4v) is 6.86. The Morgan fingerprint density at radius 1 is 1.18 bits per heavy atom. The summed E-state index contributed by atoms with van der Waals surface area (Å²) in [6, 6.07) is 7.58. The van der Waals surface area contributed by atoms with E-state index in [9.17, 15) is 13.2 Å². The molecule has 9 nitrogen and oxygen atoms in total. The van der Waals surface area contributed by atoms with Gasteiger partial charge in [0, 0.05) is 35.1 Å². The molecular formula is C22H23N3O6S2. The van der Waals surface area contributed by atoms with Crippen molar-refractivity contribution in [3.05, 3.63) is 47.1 Å². The van der Waals surface area contributed by atoms with E-state index < -0.39 is 9.84 Å². The summed E-state index contributed by atoms with van der Waals surface area (Å²) >= 11 is 1.18. The van der Waals surface area contributed by atoms with Gasteiger partial charge in [-0.25, -0.2) is 8.42 Å². The summed E-state index contributed by atoms with van der Waals surface area (Å²) in [5, 5.41) is 8.32. The van der Waals surface area contributed by atoms with Gasteiger partial charge in [0.2, 0.25) is 12.7 Å². The number of aryl methyl sites for hydroxylation is 1. The molecule has 1 atom stereocenters. The molecule has 2 aliphatic heterocycles. The Kier molecular flexibility index (Phi) is 5.69. The van der Waals surface area contributed by atoms with E-state index >= 15 is 0 Å². The molecule has 0 saturated carbocycles. The van der Waals surface area contributed by atoms with Gasteiger partial charge < -0.3 is 18.5 Å². The lowest BCUT2D eigenvalue weighted by Crippen LogP contribution is -2.07. The Labute approximate surface area is 195 Å². The number of nitrogens with zero attached hydrogens (tertiary/aromatic N) is 3.